The van der Waals surface area contributed by atoms with E-state index in [0.29, 0.717) is 19.3 Å². The van der Waals surface area contributed by atoms with Gasteiger partial charge < -0.3 is 14.2 Å². The summed E-state index contributed by atoms with van der Waals surface area (Å²) in [5.41, 5.74) is 0. The van der Waals surface area contributed by atoms with Crippen LogP contribution in [0.15, 0.2) is 85.1 Å². The summed E-state index contributed by atoms with van der Waals surface area (Å²) < 4.78 is 16.8. The van der Waals surface area contributed by atoms with Crippen molar-refractivity contribution in [2.24, 2.45) is 0 Å². The molecule has 63 heavy (non-hydrogen) atoms. The monoisotopic (exact) mass is 877 g/mol. The maximum Gasteiger partial charge on any atom is 0.306 e. The van der Waals surface area contributed by atoms with Gasteiger partial charge in [-0.2, -0.15) is 0 Å². The van der Waals surface area contributed by atoms with Crippen molar-refractivity contribution in [2.45, 2.75) is 245 Å². The van der Waals surface area contributed by atoms with Crippen molar-refractivity contribution in [3.05, 3.63) is 85.1 Å². The van der Waals surface area contributed by atoms with E-state index in [1.54, 1.807) is 0 Å². The number of esters is 3. The summed E-state index contributed by atoms with van der Waals surface area (Å²) in [7, 11) is 0. The summed E-state index contributed by atoms with van der Waals surface area (Å²) in [4.78, 5) is 38.0. The molecule has 0 N–H and O–H groups in total. The van der Waals surface area contributed by atoms with Gasteiger partial charge in [-0.1, -0.05) is 215 Å². The van der Waals surface area contributed by atoms with Crippen LogP contribution in [-0.4, -0.2) is 37.2 Å². The standard InChI is InChI=1S/C57H96O6/c1-4-7-10-13-16-19-22-25-27-28-29-30-33-35-38-41-44-47-50-56(59)62-53-54(52-61-55(58)49-46-43-40-37-34-31-24-21-18-15-12-9-6-3)63-57(60)51-48-45-42-39-36-32-26-23-20-17-14-11-8-5-2/h9,12,15,18,21-22,24-25,27-30,32,36,54H,4-8,10-11,13-14,16-17,19-20,23,26,31,33-35,37-53H2,1-3H3/b12-9+,18-15+,24-21+,25-22+,28-27+,30-29+,36-32+. The number of ether oxygens (including phenoxy) is 3. The molecule has 0 saturated heterocycles. The van der Waals surface area contributed by atoms with Gasteiger partial charge in [0.25, 0.3) is 0 Å². The van der Waals surface area contributed by atoms with Crippen molar-refractivity contribution in [1.82, 2.24) is 0 Å². The zero-order valence-electron chi connectivity index (χ0n) is 41.1. The fourth-order valence-electron chi connectivity index (χ4n) is 7.03. The minimum atomic E-state index is -0.801. The first-order chi connectivity index (χ1) is 31.0. The van der Waals surface area contributed by atoms with E-state index in [9.17, 15) is 14.4 Å². The predicted molar refractivity (Wildman–Crippen MR) is 270 cm³/mol. The van der Waals surface area contributed by atoms with Crippen LogP contribution in [0.5, 0.6) is 0 Å². The van der Waals surface area contributed by atoms with Crippen LogP contribution < -0.4 is 0 Å². The van der Waals surface area contributed by atoms with Crippen molar-refractivity contribution in [3.63, 3.8) is 0 Å². The molecule has 0 aliphatic heterocycles. The lowest BCUT2D eigenvalue weighted by Crippen LogP contribution is -2.30. The molecule has 0 bridgehead atoms. The largest absolute Gasteiger partial charge is 0.462 e. The highest BCUT2D eigenvalue weighted by atomic mass is 16.6. The Morgan fingerprint density at radius 2 is 0.635 bits per heavy atom. The van der Waals surface area contributed by atoms with Crippen molar-refractivity contribution in [1.29, 1.82) is 0 Å². The van der Waals surface area contributed by atoms with E-state index in [1.165, 1.54) is 77.0 Å². The molecule has 1 atom stereocenters. The Labute approximate surface area is 388 Å². The Kier molecular flexibility index (Phi) is 48.5. The molecule has 0 aliphatic carbocycles. The van der Waals surface area contributed by atoms with Crippen LogP contribution in [0, 0.1) is 0 Å². The normalized spacial score (nSPS) is 12.7. The Bertz CT molecular complexity index is 1240. The van der Waals surface area contributed by atoms with Gasteiger partial charge in [-0.25, -0.2) is 0 Å². The van der Waals surface area contributed by atoms with Crippen LogP contribution in [0.1, 0.15) is 239 Å². The van der Waals surface area contributed by atoms with E-state index in [0.717, 1.165) is 122 Å². The fraction of sp³-hybridized carbons (Fsp3) is 0.702. The Hall–Kier alpha value is -3.41. The average Bonchev–Trinajstić information content (AvgIpc) is 3.28. The number of hydrogen-bond donors (Lipinski definition) is 0. The summed E-state index contributed by atoms with van der Waals surface area (Å²) in [6.07, 6.45) is 65.6. The highest BCUT2D eigenvalue weighted by molar-refractivity contribution is 5.71. The molecule has 0 aromatic carbocycles. The minimum absolute atomic E-state index is 0.101. The lowest BCUT2D eigenvalue weighted by Gasteiger charge is -2.18. The average molecular weight is 877 g/mol. The van der Waals surface area contributed by atoms with Crippen molar-refractivity contribution in [3.8, 4) is 0 Å². The molecule has 0 radical (unpaired) electrons. The molecule has 0 amide bonds. The number of rotatable bonds is 46. The van der Waals surface area contributed by atoms with Crippen molar-refractivity contribution in [2.75, 3.05) is 13.2 Å². The Morgan fingerprint density at radius 3 is 1.02 bits per heavy atom. The maximum atomic E-state index is 12.8. The maximum absolute atomic E-state index is 12.8. The number of allylic oxidation sites excluding steroid dienone is 14. The molecule has 0 fully saturated rings. The molecule has 0 spiro atoms. The van der Waals surface area contributed by atoms with Gasteiger partial charge in [0, 0.05) is 19.3 Å². The number of unbranched alkanes of at least 4 members (excludes halogenated alkanes) is 25. The summed E-state index contributed by atoms with van der Waals surface area (Å²) in [6.45, 7) is 6.43. The lowest BCUT2D eigenvalue weighted by atomic mass is 10.1. The summed E-state index contributed by atoms with van der Waals surface area (Å²) in [6, 6.07) is 0. The van der Waals surface area contributed by atoms with Gasteiger partial charge in [0.1, 0.15) is 13.2 Å². The van der Waals surface area contributed by atoms with Gasteiger partial charge in [-0.15, -0.1) is 0 Å². The second-order valence-electron chi connectivity index (χ2n) is 17.2. The number of carbonyl (C=O) groups is 3. The van der Waals surface area contributed by atoms with Gasteiger partial charge in [-0.05, 0) is 89.9 Å². The van der Waals surface area contributed by atoms with E-state index < -0.39 is 6.10 Å². The third-order valence-electron chi connectivity index (χ3n) is 11.0. The second kappa shape index (κ2) is 51.2. The predicted octanol–water partition coefficient (Wildman–Crippen LogP) is 17.2. The van der Waals surface area contributed by atoms with Crippen LogP contribution in [0.4, 0.5) is 0 Å². The SMILES string of the molecule is CC/C=C/C=C/C=C/CCCCCCCC(=O)OCC(COC(=O)CCCCCCC/C=C/C=C/C=C/CCCCCCC)OC(=O)CCCCC/C=C/CCCCCCCCC. The third-order valence-corrected chi connectivity index (χ3v) is 11.0. The van der Waals surface area contributed by atoms with Crippen LogP contribution in [-0.2, 0) is 28.6 Å². The van der Waals surface area contributed by atoms with Gasteiger partial charge >= 0.3 is 17.9 Å². The van der Waals surface area contributed by atoms with E-state index >= 15 is 0 Å². The van der Waals surface area contributed by atoms with Gasteiger partial charge in [-0.3, -0.25) is 14.4 Å². The topological polar surface area (TPSA) is 78.9 Å². The third kappa shape index (κ3) is 49.5. The Balaban J connectivity index is 4.46. The smallest absolute Gasteiger partial charge is 0.306 e. The highest BCUT2D eigenvalue weighted by Crippen LogP contribution is 2.13. The quantitative estimate of drug-likeness (QED) is 0.0199. The van der Waals surface area contributed by atoms with Gasteiger partial charge in [0.05, 0.1) is 0 Å². The van der Waals surface area contributed by atoms with E-state index in [2.05, 4.69) is 106 Å². The molecule has 0 aromatic rings. The molecule has 0 heterocycles. The molecule has 6 heteroatoms. The lowest BCUT2D eigenvalue weighted by molar-refractivity contribution is -0.167. The number of hydrogen-bond acceptors (Lipinski definition) is 6. The van der Waals surface area contributed by atoms with Crippen LogP contribution in [0.2, 0.25) is 0 Å². The van der Waals surface area contributed by atoms with Gasteiger partial charge in [0.15, 0.2) is 6.10 Å². The first kappa shape index (κ1) is 59.6. The van der Waals surface area contributed by atoms with Crippen molar-refractivity contribution < 1.29 is 28.6 Å². The molecule has 1 unspecified atom stereocenters. The molecule has 0 aliphatic rings. The Morgan fingerprint density at radius 1 is 0.333 bits per heavy atom. The highest BCUT2D eigenvalue weighted by Gasteiger charge is 2.19. The zero-order valence-corrected chi connectivity index (χ0v) is 41.1. The zero-order chi connectivity index (χ0) is 45.8. The minimum Gasteiger partial charge on any atom is -0.462 e. The van der Waals surface area contributed by atoms with Crippen LogP contribution >= 0.6 is 0 Å². The fourth-order valence-corrected chi connectivity index (χ4v) is 7.03. The molecule has 0 saturated carbocycles. The molecular weight excluding hydrogens is 781 g/mol. The van der Waals surface area contributed by atoms with Crippen LogP contribution in [0.3, 0.4) is 0 Å². The molecule has 6 nitrogen and oxygen atoms in total. The molecular formula is C57H96O6. The summed E-state index contributed by atoms with van der Waals surface area (Å²) >= 11 is 0. The van der Waals surface area contributed by atoms with E-state index in [-0.39, 0.29) is 31.1 Å². The summed E-state index contributed by atoms with van der Waals surface area (Å²) in [5.74, 6) is -0.956. The van der Waals surface area contributed by atoms with E-state index in [1.807, 2.05) is 0 Å². The second-order valence-corrected chi connectivity index (χ2v) is 17.2. The van der Waals surface area contributed by atoms with Crippen LogP contribution in [0.25, 0.3) is 0 Å². The molecule has 0 aromatic heterocycles. The number of carbonyl (C=O) groups excluding carboxylic acids is 3. The van der Waals surface area contributed by atoms with E-state index in [4.69, 9.17) is 14.2 Å². The first-order valence-electron chi connectivity index (χ1n) is 26.2. The molecule has 0 rings (SSSR count). The summed E-state index contributed by atoms with van der Waals surface area (Å²) in [5, 5.41) is 0. The first-order valence-corrected chi connectivity index (χ1v) is 26.2. The van der Waals surface area contributed by atoms with Gasteiger partial charge in [0.2, 0.25) is 0 Å². The van der Waals surface area contributed by atoms with Crippen molar-refractivity contribution >= 4 is 17.9 Å². The molecule has 360 valence electrons.